The predicted molar refractivity (Wildman–Crippen MR) is 120 cm³/mol. The lowest BCUT2D eigenvalue weighted by Gasteiger charge is -2.03. The molecule has 0 aliphatic rings. The molecule has 1 amide bonds. The Morgan fingerprint density at radius 2 is 1.73 bits per heavy atom. The summed E-state index contributed by atoms with van der Waals surface area (Å²) < 4.78 is 1.61. The number of thiazole rings is 1. The molecule has 0 atom stereocenters. The number of hydrogen-bond acceptors (Lipinski definition) is 5. The van der Waals surface area contributed by atoms with E-state index in [9.17, 15) is 9.59 Å². The Hall–Kier alpha value is -2.45. The maximum Gasteiger partial charge on any atom is 0.250 e. The molecule has 2 aromatic carbocycles. The Labute approximate surface area is 190 Å². The number of fused-ring (bicyclic) bond motifs is 1. The Morgan fingerprint density at radius 3 is 2.47 bits per heavy atom. The third-order valence-corrected chi connectivity index (χ3v) is 5.90. The van der Waals surface area contributed by atoms with E-state index < -0.39 is 0 Å². The summed E-state index contributed by atoms with van der Waals surface area (Å²) in [5.74, 6) is -0.320. The molecule has 0 radical (unpaired) electrons. The second kappa shape index (κ2) is 8.73. The topological polar surface area (TPSA) is 76.4 Å². The number of nitrogens with one attached hydrogen (secondary N) is 1. The number of Topliss-reactive ketones (excluding diaryl/α,β-unsaturated/α-hetero) is 1. The summed E-state index contributed by atoms with van der Waals surface area (Å²) in [5.41, 5.74) is 2.00. The molecule has 0 unspecified atom stereocenters. The molecule has 4 aromatic rings. The van der Waals surface area contributed by atoms with Crippen LogP contribution in [0, 0.1) is 0 Å². The van der Waals surface area contributed by atoms with Crippen molar-refractivity contribution >= 4 is 68.7 Å². The van der Waals surface area contributed by atoms with Crippen LogP contribution < -0.4 is 5.32 Å². The second-order valence-corrected chi connectivity index (χ2v) is 8.47. The van der Waals surface area contributed by atoms with Crippen molar-refractivity contribution in [2.75, 3.05) is 5.32 Å². The number of carbonyl (C=O) groups is 2. The number of amides is 1. The van der Waals surface area contributed by atoms with Gasteiger partial charge in [-0.25, -0.2) is 4.52 Å². The zero-order chi connectivity index (χ0) is 21.3. The number of carbonyl (C=O) groups excluding carboxylic acids is 2. The quantitative estimate of drug-likeness (QED) is 0.343. The summed E-state index contributed by atoms with van der Waals surface area (Å²) in [6.45, 7) is 0. The Balaban J connectivity index is 1.44. The number of aromatic nitrogens is 3. The van der Waals surface area contributed by atoms with Gasteiger partial charge in [0.15, 0.2) is 5.78 Å². The van der Waals surface area contributed by atoms with Gasteiger partial charge in [0.1, 0.15) is 0 Å². The largest absolute Gasteiger partial charge is 0.294 e. The fourth-order valence-electron chi connectivity index (χ4n) is 2.81. The van der Waals surface area contributed by atoms with Gasteiger partial charge in [-0.05, 0) is 42.5 Å². The minimum absolute atomic E-state index is 0.0180. The van der Waals surface area contributed by atoms with Crippen molar-refractivity contribution in [3.63, 3.8) is 0 Å². The molecule has 152 valence electrons. The molecule has 0 fully saturated rings. The molecule has 6 nitrogen and oxygen atoms in total. The molecule has 0 aliphatic carbocycles. The lowest BCUT2D eigenvalue weighted by molar-refractivity contribution is -0.116. The maximum atomic E-state index is 12.2. The molecule has 4 rings (SSSR count). The molecular weight excluding hydrogens is 467 g/mol. The molecule has 0 saturated heterocycles. The number of anilines is 1. The summed E-state index contributed by atoms with van der Waals surface area (Å²) >= 11 is 19.4. The molecule has 0 bridgehead atoms. The van der Waals surface area contributed by atoms with Gasteiger partial charge in [-0.15, -0.1) is 16.4 Å². The van der Waals surface area contributed by atoms with Crippen LogP contribution in [-0.2, 0) is 4.79 Å². The molecular formula is C20H13Cl3N4O2S. The Morgan fingerprint density at radius 1 is 1.00 bits per heavy atom. The van der Waals surface area contributed by atoms with Crippen LogP contribution in [-0.4, -0.2) is 26.3 Å². The summed E-state index contributed by atoms with van der Waals surface area (Å²) in [5, 5.41) is 10.4. The average Bonchev–Trinajstić information content (AvgIpc) is 3.27. The van der Waals surface area contributed by atoms with Crippen LogP contribution >= 0.6 is 46.1 Å². The first-order valence-corrected chi connectivity index (χ1v) is 10.8. The van der Waals surface area contributed by atoms with Crippen molar-refractivity contribution in [1.82, 2.24) is 14.6 Å². The van der Waals surface area contributed by atoms with Gasteiger partial charge in [-0.3, -0.25) is 14.9 Å². The summed E-state index contributed by atoms with van der Waals surface area (Å²) in [6.07, 6.45) is 0.0888. The smallest absolute Gasteiger partial charge is 0.250 e. The van der Waals surface area contributed by atoms with Gasteiger partial charge in [-0.1, -0.05) is 34.8 Å². The predicted octanol–water partition coefficient (Wildman–Crippen LogP) is 6.02. The van der Waals surface area contributed by atoms with Gasteiger partial charge in [-0.2, -0.15) is 4.98 Å². The van der Waals surface area contributed by atoms with Crippen molar-refractivity contribution in [1.29, 1.82) is 0 Å². The van der Waals surface area contributed by atoms with E-state index >= 15 is 0 Å². The maximum absolute atomic E-state index is 12.2. The highest BCUT2D eigenvalue weighted by atomic mass is 35.5. The number of hydrogen-bond donors (Lipinski definition) is 1. The number of ketones is 1. The molecule has 0 saturated carbocycles. The van der Waals surface area contributed by atoms with Crippen molar-refractivity contribution in [2.45, 2.75) is 12.8 Å². The minimum atomic E-state index is -0.346. The van der Waals surface area contributed by atoms with E-state index in [2.05, 4.69) is 15.4 Å². The fourth-order valence-corrected chi connectivity index (χ4v) is 4.26. The van der Waals surface area contributed by atoms with Gasteiger partial charge in [0.05, 0.1) is 10.7 Å². The van der Waals surface area contributed by atoms with Crippen molar-refractivity contribution in [3.8, 4) is 11.3 Å². The standard InChI is InChI=1S/C20H13Cl3N4O2S/c21-12-3-1-11(2-4-12)17(28)7-8-18(29)24-19-25-20-27(26-19)16(10-30-20)14-6-5-13(22)9-15(14)23/h1-6,9-10H,7-8H2,(H,24,26,29). The SMILES string of the molecule is O=C(CCC(=O)c1ccc(Cl)cc1)Nc1nc2scc(-c3ccc(Cl)cc3Cl)n2n1. The minimum Gasteiger partial charge on any atom is -0.294 e. The Kier molecular flexibility index (Phi) is 6.06. The van der Waals surface area contributed by atoms with Crippen LogP contribution in [0.1, 0.15) is 23.2 Å². The van der Waals surface area contributed by atoms with Crippen molar-refractivity contribution < 1.29 is 9.59 Å². The van der Waals surface area contributed by atoms with Gasteiger partial charge < -0.3 is 0 Å². The first kappa shape index (κ1) is 20.8. The monoisotopic (exact) mass is 478 g/mol. The second-order valence-electron chi connectivity index (χ2n) is 6.35. The zero-order valence-electron chi connectivity index (χ0n) is 15.2. The first-order valence-electron chi connectivity index (χ1n) is 8.79. The molecule has 2 heterocycles. The first-order chi connectivity index (χ1) is 14.4. The molecule has 2 aromatic heterocycles. The van der Waals surface area contributed by atoms with Crippen molar-refractivity contribution in [3.05, 3.63) is 68.5 Å². The van der Waals surface area contributed by atoms with E-state index in [4.69, 9.17) is 34.8 Å². The van der Waals surface area contributed by atoms with Crippen LogP contribution in [0.15, 0.2) is 47.8 Å². The molecule has 0 aliphatic heterocycles. The highest BCUT2D eigenvalue weighted by Crippen LogP contribution is 2.33. The Bertz CT molecular complexity index is 1250. The highest BCUT2D eigenvalue weighted by molar-refractivity contribution is 7.15. The van der Waals surface area contributed by atoms with Gasteiger partial charge >= 0.3 is 0 Å². The van der Waals surface area contributed by atoms with E-state index in [1.54, 1.807) is 47.0 Å². The third-order valence-electron chi connectivity index (χ3n) is 4.29. The summed E-state index contributed by atoms with van der Waals surface area (Å²) in [6, 6.07) is 11.7. The van der Waals surface area contributed by atoms with Crippen molar-refractivity contribution in [2.24, 2.45) is 0 Å². The van der Waals surface area contributed by atoms with Crippen LogP contribution in [0.3, 0.4) is 0 Å². The molecule has 10 heteroatoms. The fraction of sp³-hybridized carbons (Fsp3) is 0.100. The van der Waals surface area contributed by atoms with E-state index in [0.29, 0.717) is 25.6 Å². The third kappa shape index (κ3) is 4.49. The number of halogens is 3. The highest BCUT2D eigenvalue weighted by Gasteiger charge is 2.16. The van der Waals surface area contributed by atoms with E-state index in [1.807, 2.05) is 5.38 Å². The van der Waals surface area contributed by atoms with Crippen LogP contribution in [0.5, 0.6) is 0 Å². The lowest BCUT2D eigenvalue weighted by atomic mass is 10.1. The van der Waals surface area contributed by atoms with E-state index in [1.165, 1.54) is 11.3 Å². The van der Waals surface area contributed by atoms with Crippen LogP contribution in [0.2, 0.25) is 15.1 Å². The van der Waals surface area contributed by atoms with Crippen LogP contribution in [0.25, 0.3) is 16.2 Å². The number of rotatable bonds is 6. The molecule has 1 N–H and O–H groups in total. The lowest BCUT2D eigenvalue weighted by Crippen LogP contribution is -2.14. The normalized spacial score (nSPS) is 11.0. The van der Waals surface area contributed by atoms with Gasteiger partial charge in [0.25, 0.3) is 0 Å². The zero-order valence-corrected chi connectivity index (χ0v) is 18.3. The average molecular weight is 480 g/mol. The molecule has 0 spiro atoms. The number of nitrogens with zero attached hydrogens (tertiary/aromatic N) is 3. The number of benzene rings is 2. The van der Waals surface area contributed by atoms with Gasteiger partial charge in [0.2, 0.25) is 16.8 Å². The summed E-state index contributed by atoms with van der Waals surface area (Å²) in [4.78, 5) is 29.3. The van der Waals surface area contributed by atoms with Crippen LogP contribution in [0.4, 0.5) is 5.95 Å². The summed E-state index contributed by atoms with van der Waals surface area (Å²) in [7, 11) is 0. The van der Waals surface area contributed by atoms with E-state index in [-0.39, 0.29) is 30.5 Å². The van der Waals surface area contributed by atoms with Gasteiger partial charge in [0, 0.05) is 39.4 Å². The molecule has 30 heavy (non-hydrogen) atoms. The van der Waals surface area contributed by atoms with E-state index in [0.717, 1.165) is 11.3 Å².